The van der Waals surface area contributed by atoms with Crippen LogP contribution in [0.15, 0.2) is 47.4 Å². The van der Waals surface area contributed by atoms with E-state index in [2.05, 4.69) is 0 Å². The first kappa shape index (κ1) is 21.6. The van der Waals surface area contributed by atoms with Gasteiger partial charge < -0.3 is 19.7 Å². The van der Waals surface area contributed by atoms with Gasteiger partial charge in [-0.3, -0.25) is 0 Å². The molecule has 2 aromatic carbocycles. The highest BCUT2D eigenvalue weighted by Crippen LogP contribution is 2.24. The van der Waals surface area contributed by atoms with Gasteiger partial charge in [0.15, 0.2) is 9.84 Å². The number of phenols is 1. The average molecular weight is 408 g/mol. The molecule has 28 heavy (non-hydrogen) atoms. The molecule has 2 N–H and O–H groups in total. The number of benzene rings is 2. The zero-order valence-electron chi connectivity index (χ0n) is 15.8. The summed E-state index contributed by atoms with van der Waals surface area (Å²) < 4.78 is 35.7. The zero-order chi connectivity index (χ0) is 20.7. The molecule has 2 aromatic rings. The van der Waals surface area contributed by atoms with E-state index in [-0.39, 0.29) is 34.7 Å². The first-order valence-corrected chi connectivity index (χ1v) is 10.5. The van der Waals surface area contributed by atoms with Gasteiger partial charge in [-0.25, -0.2) is 13.2 Å². The van der Waals surface area contributed by atoms with Gasteiger partial charge in [-0.2, -0.15) is 0 Å². The van der Waals surface area contributed by atoms with Gasteiger partial charge in [0.25, 0.3) is 0 Å². The van der Waals surface area contributed by atoms with E-state index < -0.39 is 15.8 Å². The van der Waals surface area contributed by atoms with Gasteiger partial charge in [0.1, 0.15) is 22.8 Å². The SMILES string of the molecule is CC(C)Oc1ccc(S(=O)(=O)CCCCOc2ccc(C(=O)O)c(O)c2)cc1. The number of carboxylic acids is 1. The van der Waals surface area contributed by atoms with E-state index in [0.29, 0.717) is 24.3 Å². The molecule has 7 nitrogen and oxygen atoms in total. The normalized spacial score (nSPS) is 11.4. The molecule has 0 radical (unpaired) electrons. The van der Waals surface area contributed by atoms with E-state index in [0.717, 1.165) is 0 Å². The van der Waals surface area contributed by atoms with Crippen LogP contribution in [-0.4, -0.2) is 43.1 Å². The highest BCUT2D eigenvalue weighted by atomic mass is 32.2. The number of rotatable bonds is 10. The molecule has 0 aliphatic rings. The summed E-state index contributed by atoms with van der Waals surface area (Å²) in [7, 11) is -3.39. The van der Waals surface area contributed by atoms with Crippen molar-refractivity contribution in [3.63, 3.8) is 0 Å². The van der Waals surface area contributed by atoms with Crippen LogP contribution in [0.3, 0.4) is 0 Å². The lowest BCUT2D eigenvalue weighted by Gasteiger charge is -2.10. The van der Waals surface area contributed by atoms with Gasteiger partial charge in [-0.05, 0) is 63.1 Å². The highest BCUT2D eigenvalue weighted by Gasteiger charge is 2.14. The van der Waals surface area contributed by atoms with E-state index >= 15 is 0 Å². The number of hydrogen-bond acceptors (Lipinski definition) is 6. The molecule has 8 heteroatoms. The molecule has 0 heterocycles. The second kappa shape index (κ2) is 9.45. The predicted octanol–water partition coefficient (Wildman–Crippen LogP) is 3.51. The summed E-state index contributed by atoms with van der Waals surface area (Å²) in [4.78, 5) is 11.1. The fourth-order valence-corrected chi connectivity index (χ4v) is 3.85. The third-order valence-corrected chi connectivity index (χ3v) is 5.65. The summed E-state index contributed by atoms with van der Waals surface area (Å²) in [6, 6.07) is 10.3. The van der Waals surface area contributed by atoms with E-state index in [4.69, 9.17) is 14.6 Å². The van der Waals surface area contributed by atoms with Crippen molar-refractivity contribution in [2.75, 3.05) is 12.4 Å². The first-order valence-electron chi connectivity index (χ1n) is 8.87. The predicted molar refractivity (Wildman–Crippen MR) is 104 cm³/mol. The van der Waals surface area contributed by atoms with E-state index in [1.165, 1.54) is 30.3 Å². The van der Waals surface area contributed by atoms with Gasteiger partial charge in [0.2, 0.25) is 0 Å². The Bertz CT molecular complexity index is 903. The molecule has 152 valence electrons. The maximum absolute atomic E-state index is 12.4. The van der Waals surface area contributed by atoms with Gasteiger partial charge >= 0.3 is 5.97 Å². The molecular weight excluding hydrogens is 384 g/mol. The lowest BCUT2D eigenvalue weighted by atomic mass is 10.2. The van der Waals surface area contributed by atoms with E-state index in [1.807, 2.05) is 13.8 Å². The lowest BCUT2D eigenvalue weighted by molar-refractivity contribution is 0.0693. The fourth-order valence-electron chi connectivity index (χ4n) is 2.48. The summed E-state index contributed by atoms with van der Waals surface area (Å²) >= 11 is 0. The fraction of sp³-hybridized carbons (Fsp3) is 0.350. The zero-order valence-corrected chi connectivity index (χ0v) is 16.6. The van der Waals surface area contributed by atoms with Crippen LogP contribution in [0, 0.1) is 0 Å². The van der Waals surface area contributed by atoms with Gasteiger partial charge in [-0.1, -0.05) is 0 Å². The van der Waals surface area contributed by atoms with Gasteiger partial charge in [0.05, 0.1) is 23.4 Å². The number of aromatic carboxylic acids is 1. The second-order valence-electron chi connectivity index (χ2n) is 6.50. The summed E-state index contributed by atoms with van der Waals surface area (Å²) in [5, 5.41) is 18.5. The van der Waals surface area contributed by atoms with Crippen molar-refractivity contribution in [3.05, 3.63) is 48.0 Å². The van der Waals surface area contributed by atoms with Crippen molar-refractivity contribution in [1.82, 2.24) is 0 Å². The number of unbranched alkanes of at least 4 members (excludes halogenated alkanes) is 1. The minimum absolute atomic E-state index is 0.00997. The third kappa shape index (κ3) is 6.16. The number of ether oxygens (including phenoxy) is 2. The summed E-state index contributed by atoms with van der Waals surface area (Å²) in [5.41, 5.74) is -0.205. The van der Waals surface area contributed by atoms with Gasteiger partial charge in [0, 0.05) is 6.07 Å². The molecule has 0 amide bonds. The summed E-state index contributed by atoms with van der Waals surface area (Å²) in [6.07, 6.45) is 0.922. The Labute approximate surface area is 164 Å². The molecule has 0 aromatic heterocycles. The molecular formula is C20H24O7S. The standard InChI is InChI=1S/C20H24O7S/c1-14(2)27-15-5-8-17(9-6-15)28(24,25)12-4-3-11-26-16-7-10-18(20(22)23)19(21)13-16/h5-10,13-14,21H,3-4,11-12H2,1-2H3,(H,22,23). The molecule has 0 aliphatic heterocycles. The lowest BCUT2D eigenvalue weighted by Crippen LogP contribution is -2.09. The van der Waals surface area contributed by atoms with Crippen molar-refractivity contribution in [1.29, 1.82) is 0 Å². The Morgan fingerprint density at radius 1 is 1.04 bits per heavy atom. The minimum Gasteiger partial charge on any atom is -0.507 e. The Morgan fingerprint density at radius 3 is 2.25 bits per heavy atom. The van der Waals surface area contributed by atoms with Crippen molar-refractivity contribution in [3.8, 4) is 17.2 Å². The van der Waals surface area contributed by atoms with Crippen LogP contribution in [0.5, 0.6) is 17.2 Å². The summed E-state index contributed by atoms with van der Waals surface area (Å²) in [5.74, 6) is -0.662. The third-order valence-electron chi connectivity index (χ3n) is 3.83. The van der Waals surface area contributed by atoms with Crippen LogP contribution < -0.4 is 9.47 Å². The van der Waals surface area contributed by atoms with Crippen LogP contribution in [0.4, 0.5) is 0 Å². The molecule has 0 saturated carbocycles. The topological polar surface area (TPSA) is 110 Å². The number of carbonyl (C=O) groups is 1. The molecule has 0 atom stereocenters. The number of carboxylic acid groups (broad SMARTS) is 1. The molecule has 0 bridgehead atoms. The van der Waals surface area contributed by atoms with Crippen LogP contribution >= 0.6 is 0 Å². The Kier molecular flexibility index (Phi) is 7.28. The van der Waals surface area contributed by atoms with Crippen molar-refractivity contribution in [2.45, 2.75) is 37.7 Å². The van der Waals surface area contributed by atoms with Crippen LogP contribution in [-0.2, 0) is 9.84 Å². The first-order chi connectivity index (χ1) is 13.2. The van der Waals surface area contributed by atoms with E-state index in [1.54, 1.807) is 12.1 Å². The maximum Gasteiger partial charge on any atom is 0.339 e. The number of aromatic hydroxyl groups is 1. The smallest absolute Gasteiger partial charge is 0.339 e. The highest BCUT2D eigenvalue weighted by molar-refractivity contribution is 7.91. The van der Waals surface area contributed by atoms with Crippen LogP contribution in [0.25, 0.3) is 0 Å². The average Bonchev–Trinajstić information content (AvgIpc) is 2.61. The molecule has 0 spiro atoms. The molecule has 0 unspecified atom stereocenters. The van der Waals surface area contributed by atoms with Crippen molar-refractivity contribution >= 4 is 15.8 Å². The molecule has 0 fully saturated rings. The second-order valence-corrected chi connectivity index (χ2v) is 8.61. The molecule has 2 rings (SSSR count). The Hall–Kier alpha value is -2.74. The molecule has 0 aliphatic carbocycles. The summed E-state index contributed by atoms with van der Waals surface area (Å²) in [6.45, 7) is 4.05. The monoisotopic (exact) mass is 408 g/mol. The maximum atomic E-state index is 12.4. The number of sulfone groups is 1. The van der Waals surface area contributed by atoms with Crippen molar-refractivity contribution < 1.29 is 32.9 Å². The van der Waals surface area contributed by atoms with Crippen molar-refractivity contribution in [2.24, 2.45) is 0 Å². The van der Waals surface area contributed by atoms with Crippen LogP contribution in [0.2, 0.25) is 0 Å². The van der Waals surface area contributed by atoms with Crippen LogP contribution in [0.1, 0.15) is 37.0 Å². The Morgan fingerprint density at radius 2 is 1.68 bits per heavy atom. The van der Waals surface area contributed by atoms with Gasteiger partial charge in [-0.15, -0.1) is 0 Å². The quantitative estimate of drug-likeness (QED) is 0.579. The largest absolute Gasteiger partial charge is 0.507 e. The van der Waals surface area contributed by atoms with E-state index in [9.17, 15) is 18.3 Å². The minimum atomic E-state index is -3.39. The molecule has 0 saturated heterocycles. The number of hydrogen-bond donors (Lipinski definition) is 2. The Balaban J connectivity index is 1.81.